The Bertz CT molecular complexity index is 653. The molecule has 142 valence electrons. The van der Waals surface area contributed by atoms with Crippen molar-refractivity contribution in [3.05, 3.63) is 29.8 Å². The molecule has 7 nitrogen and oxygen atoms in total. The molecule has 2 N–H and O–H groups in total. The predicted molar refractivity (Wildman–Crippen MR) is 96.8 cm³/mol. The fourth-order valence-corrected chi connectivity index (χ4v) is 2.53. The predicted octanol–water partition coefficient (Wildman–Crippen LogP) is 2.12. The molecule has 1 saturated heterocycles. The van der Waals surface area contributed by atoms with E-state index in [1.807, 2.05) is 0 Å². The maximum atomic E-state index is 12.3. The van der Waals surface area contributed by atoms with Crippen LogP contribution in [0, 0.1) is 5.92 Å². The number of esters is 1. The molecular formula is C19H26N2O5. The molecule has 1 aliphatic heterocycles. The van der Waals surface area contributed by atoms with E-state index in [1.54, 1.807) is 45.0 Å². The van der Waals surface area contributed by atoms with E-state index in [-0.39, 0.29) is 30.4 Å². The highest BCUT2D eigenvalue weighted by atomic mass is 16.5. The van der Waals surface area contributed by atoms with E-state index in [0.29, 0.717) is 24.3 Å². The Labute approximate surface area is 153 Å². The zero-order chi connectivity index (χ0) is 19.1. The van der Waals surface area contributed by atoms with Crippen LogP contribution in [0.25, 0.3) is 0 Å². The second kappa shape index (κ2) is 9.33. The van der Waals surface area contributed by atoms with Crippen molar-refractivity contribution < 1.29 is 23.9 Å². The van der Waals surface area contributed by atoms with E-state index in [9.17, 15) is 14.4 Å². The van der Waals surface area contributed by atoms with Crippen molar-refractivity contribution in [1.82, 2.24) is 5.32 Å². The van der Waals surface area contributed by atoms with Crippen LogP contribution in [-0.2, 0) is 19.1 Å². The van der Waals surface area contributed by atoms with Gasteiger partial charge < -0.3 is 20.1 Å². The van der Waals surface area contributed by atoms with E-state index in [0.717, 1.165) is 6.42 Å². The van der Waals surface area contributed by atoms with Gasteiger partial charge >= 0.3 is 5.97 Å². The third-order valence-corrected chi connectivity index (χ3v) is 3.94. The van der Waals surface area contributed by atoms with Gasteiger partial charge in [-0.1, -0.05) is 13.0 Å². The van der Waals surface area contributed by atoms with E-state index in [2.05, 4.69) is 10.6 Å². The second-order valence-electron chi connectivity index (χ2n) is 6.67. The van der Waals surface area contributed by atoms with Crippen molar-refractivity contribution in [3.8, 4) is 0 Å². The molecule has 7 heteroatoms. The van der Waals surface area contributed by atoms with Crippen LogP contribution in [0.15, 0.2) is 24.3 Å². The Morgan fingerprint density at radius 3 is 2.69 bits per heavy atom. The second-order valence-corrected chi connectivity index (χ2v) is 6.67. The molecule has 0 spiro atoms. The molecule has 0 bridgehead atoms. The number of benzene rings is 1. The molecule has 0 unspecified atom stereocenters. The third-order valence-electron chi connectivity index (χ3n) is 3.94. The first-order valence-electron chi connectivity index (χ1n) is 8.88. The summed E-state index contributed by atoms with van der Waals surface area (Å²) in [5.74, 6) is -1.31. The quantitative estimate of drug-likeness (QED) is 0.725. The van der Waals surface area contributed by atoms with Crippen LogP contribution in [0.5, 0.6) is 0 Å². The van der Waals surface area contributed by atoms with Gasteiger partial charge in [-0.05, 0) is 44.9 Å². The van der Waals surface area contributed by atoms with Crippen molar-refractivity contribution in [3.63, 3.8) is 0 Å². The monoisotopic (exact) mass is 362 g/mol. The van der Waals surface area contributed by atoms with Gasteiger partial charge in [0, 0.05) is 24.4 Å². The fourth-order valence-electron chi connectivity index (χ4n) is 2.53. The lowest BCUT2D eigenvalue weighted by atomic mass is 10.1. The van der Waals surface area contributed by atoms with Gasteiger partial charge in [-0.3, -0.25) is 14.4 Å². The Morgan fingerprint density at radius 2 is 2.04 bits per heavy atom. The van der Waals surface area contributed by atoms with Gasteiger partial charge in [0.15, 0.2) is 0 Å². The highest BCUT2D eigenvalue weighted by Crippen LogP contribution is 2.16. The number of nitrogens with one attached hydrogen (secondary N) is 2. The molecule has 1 fully saturated rings. The summed E-state index contributed by atoms with van der Waals surface area (Å²) in [5, 5.41) is 5.48. The summed E-state index contributed by atoms with van der Waals surface area (Å²) < 4.78 is 10.5. The number of hydrogen-bond donors (Lipinski definition) is 2. The van der Waals surface area contributed by atoms with Crippen LogP contribution in [0.1, 0.15) is 44.0 Å². The Morgan fingerprint density at radius 1 is 1.27 bits per heavy atom. The largest absolute Gasteiger partial charge is 0.463 e. The average Bonchev–Trinajstić information content (AvgIpc) is 3.13. The van der Waals surface area contributed by atoms with Crippen LogP contribution in [0.2, 0.25) is 0 Å². The lowest BCUT2D eigenvalue weighted by Gasteiger charge is -2.15. The summed E-state index contributed by atoms with van der Waals surface area (Å²) in [6.45, 7) is 6.03. The highest BCUT2D eigenvalue weighted by Gasteiger charge is 2.23. The zero-order valence-electron chi connectivity index (χ0n) is 15.4. The van der Waals surface area contributed by atoms with Gasteiger partial charge in [-0.25, -0.2) is 0 Å². The molecule has 0 aromatic heterocycles. The maximum absolute atomic E-state index is 12.3. The number of anilines is 1. The SMILES string of the molecule is CC(C)OC(=O)[C@@H](C)CNC(=O)c1cccc(NC(=O)[C@H]2CCCO2)c1. The minimum Gasteiger partial charge on any atom is -0.463 e. The first kappa shape index (κ1) is 19.9. The van der Waals surface area contributed by atoms with E-state index in [1.165, 1.54) is 0 Å². The molecule has 1 aromatic carbocycles. The minimum atomic E-state index is -0.441. The first-order valence-corrected chi connectivity index (χ1v) is 8.88. The third kappa shape index (κ3) is 5.84. The summed E-state index contributed by atoms with van der Waals surface area (Å²) in [6.07, 6.45) is 0.957. The molecule has 0 saturated carbocycles. The van der Waals surface area contributed by atoms with Crippen molar-refractivity contribution in [1.29, 1.82) is 0 Å². The molecule has 2 atom stereocenters. The molecule has 2 rings (SSSR count). The van der Waals surface area contributed by atoms with Crippen molar-refractivity contribution in [2.75, 3.05) is 18.5 Å². The topological polar surface area (TPSA) is 93.7 Å². The van der Waals surface area contributed by atoms with Crippen molar-refractivity contribution in [2.24, 2.45) is 5.92 Å². The van der Waals surface area contributed by atoms with E-state index in [4.69, 9.17) is 9.47 Å². The number of carbonyl (C=O) groups is 3. The molecule has 1 heterocycles. The number of carbonyl (C=O) groups excluding carboxylic acids is 3. The Kier molecular flexibility index (Phi) is 7.15. The number of amides is 2. The molecule has 0 radical (unpaired) electrons. The summed E-state index contributed by atoms with van der Waals surface area (Å²) in [6, 6.07) is 6.65. The van der Waals surface area contributed by atoms with Gasteiger partial charge in [0.25, 0.3) is 11.8 Å². The first-order chi connectivity index (χ1) is 12.4. The van der Waals surface area contributed by atoms with Crippen molar-refractivity contribution in [2.45, 2.75) is 45.8 Å². The van der Waals surface area contributed by atoms with E-state index < -0.39 is 12.0 Å². The Balaban J connectivity index is 1.88. The smallest absolute Gasteiger partial charge is 0.310 e. The number of ether oxygens (including phenoxy) is 2. The highest BCUT2D eigenvalue weighted by molar-refractivity contribution is 5.98. The normalized spacial score (nSPS) is 17.6. The number of hydrogen-bond acceptors (Lipinski definition) is 5. The molecule has 1 aromatic rings. The lowest BCUT2D eigenvalue weighted by molar-refractivity contribution is -0.151. The summed E-state index contributed by atoms with van der Waals surface area (Å²) >= 11 is 0. The van der Waals surface area contributed by atoms with Crippen LogP contribution in [0.3, 0.4) is 0 Å². The van der Waals surface area contributed by atoms with Crippen LogP contribution in [0.4, 0.5) is 5.69 Å². The van der Waals surface area contributed by atoms with Gasteiger partial charge in [0.05, 0.1) is 12.0 Å². The minimum absolute atomic E-state index is 0.177. The molecule has 1 aliphatic rings. The molecule has 26 heavy (non-hydrogen) atoms. The van der Waals surface area contributed by atoms with Crippen LogP contribution < -0.4 is 10.6 Å². The molecule has 0 aliphatic carbocycles. The lowest BCUT2D eigenvalue weighted by Crippen LogP contribution is -2.33. The molecular weight excluding hydrogens is 336 g/mol. The standard InChI is InChI=1S/C19H26N2O5/c1-12(2)26-19(24)13(3)11-20-17(22)14-6-4-7-15(10-14)21-18(23)16-8-5-9-25-16/h4,6-7,10,12-13,16H,5,8-9,11H2,1-3H3,(H,20,22)(H,21,23)/t13-,16+/m0/s1. The fraction of sp³-hybridized carbons (Fsp3) is 0.526. The molecule has 2 amide bonds. The van der Waals surface area contributed by atoms with Gasteiger partial charge in [0.1, 0.15) is 6.10 Å². The van der Waals surface area contributed by atoms with Crippen LogP contribution >= 0.6 is 0 Å². The Hall–Kier alpha value is -2.41. The van der Waals surface area contributed by atoms with E-state index >= 15 is 0 Å². The van der Waals surface area contributed by atoms with Gasteiger partial charge in [0.2, 0.25) is 0 Å². The number of rotatable bonds is 7. The summed E-state index contributed by atoms with van der Waals surface area (Å²) in [5.41, 5.74) is 0.935. The zero-order valence-corrected chi connectivity index (χ0v) is 15.4. The van der Waals surface area contributed by atoms with Gasteiger partial charge in [-0.2, -0.15) is 0 Å². The van der Waals surface area contributed by atoms with Crippen molar-refractivity contribution >= 4 is 23.5 Å². The van der Waals surface area contributed by atoms with Gasteiger partial charge in [-0.15, -0.1) is 0 Å². The summed E-state index contributed by atoms with van der Waals surface area (Å²) in [4.78, 5) is 36.1. The maximum Gasteiger partial charge on any atom is 0.310 e. The van der Waals surface area contributed by atoms with Crippen LogP contribution in [-0.4, -0.2) is 43.1 Å². The average molecular weight is 362 g/mol. The summed E-state index contributed by atoms with van der Waals surface area (Å²) in [7, 11) is 0.